The number of nitrogens with zero attached hydrogens (tertiary/aromatic N) is 6. The predicted octanol–water partition coefficient (Wildman–Crippen LogP) is 1.55. The molecule has 3 amide bonds. The number of likely N-dealkylation sites (tertiary alicyclic amines) is 1. The smallest absolute Gasteiger partial charge is 0.254 e. The van der Waals surface area contributed by atoms with Gasteiger partial charge in [-0.15, -0.1) is 5.10 Å². The van der Waals surface area contributed by atoms with Crippen molar-refractivity contribution in [1.82, 2.24) is 35.3 Å². The number of carbonyl (C=O) groups excluding carboxylic acids is 3. The topological polar surface area (TPSA) is 132 Å². The zero-order valence-electron chi connectivity index (χ0n) is 21.9. The predicted molar refractivity (Wildman–Crippen MR) is 139 cm³/mol. The van der Waals surface area contributed by atoms with Gasteiger partial charge in [-0.2, -0.15) is 0 Å². The summed E-state index contributed by atoms with van der Waals surface area (Å²) in [7, 11) is 1.58. The van der Waals surface area contributed by atoms with Crippen LogP contribution in [0.1, 0.15) is 34.3 Å². The van der Waals surface area contributed by atoms with E-state index in [-0.39, 0.29) is 36.8 Å². The van der Waals surface area contributed by atoms with Crippen LogP contribution >= 0.6 is 0 Å². The van der Waals surface area contributed by atoms with Gasteiger partial charge in [0.25, 0.3) is 5.91 Å². The maximum Gasteiger partial charge on any atom is 0.254 e. The molecule has 0 spiro atoms. The minimum Gasteiger partial charge on any atom is -0.457 e. The molecule has 0 saturated carbocycles. The molecule has 12 nitrogen and oxygen atoms in total. The fraction of sp³-hybridized carbons (Fsp3) is 0.407. The largest absolute Gasteiger partial charge is 0.457 e. The third-order valence-corrected chi connectivity index (χ3v) is 6.95. The minimum atomic E-state index is -0.440. The molecule has 2 aromatic carbocycles. The zero-order chi connectivity index (χ0) is 27.4. The summed E-state index contributed by atoms with van der Waals surface area (Å²) in [5.41, 5.74) is 2.22. The van der Waals surface area contributed by atoms with Crippen molar-refractivity contribution in [3.63, 3.8) is 0 Å². The van der Waals surface area contributed by atoms with E-state index in [1.807, 2.05) is 37.3 Å². The number of tetrazole rings is 1. The molecule has 0 radical (unpaired) electrons. The molecule has 12 heteroatoms. The molecule has 2 aliphatic heterocycles. The second-order valence-corrected chi connectivity index (χ2v) is 9.87. The summed E-state index contributed by atoms with van der Waals surface area (Å²) in [6, 6.07) is 12.4. The Labute approximate surface area is 225 Å². The monoisotopic (exact) mass is 533 g/mol. The van der Waals surface area contributed by atoms with Crippen molar-refractivity contribution in [2.75, 3.05) is 26.7 Å². The number of hydrogen-bond acceptors (Lipinski definition) is 8. The summed E-state index contributed by atoms with van der Waals surface area (Å²) in [5, 5.41) is 14.0. The van der Waals surface area contributed by atoms with E-state index >= 15 is 0 Å². The number of rotatable bonds is 3. The molecule has 2 aliphatic rings. The van der Waals surface area contributed by atoms with E-state index in [4.69, 9.17) is 9.47 Å². The quantitative estimate of drug-likeness (QED) is 0.537. The lowest BCUT2D eigenvalue weighted by Crippen LogP contribution is -2.58. The summed E-state index contributed by atoms with van der Waals surface area (Å²) in [6.07, 6.45) is 1.94. The molecule has 1 N–H and O–H groups in total. The molecule has 1 aromatic heterocycles. The maximum absolute atomic E-state index is 13.1. The Balaban J connectivity index is 1.35. The van der Waals surface area contributed by atoms with Gasteiger partial charge >= 0.3 is 0 Å². The lowest BCUT2D eigenvalue weighted by molar-refractivity contribution is -0.137. The van der Waals surface area contributed by atoms with Crippen LogP contribution in [0, 0.1) is 6.92 Å². The van der Waals surface area contributed by atoms with Crippen LogP contribution in [0.3, 0.4) is 0 Å². The first-order chi connectivity index (χ1) is 18.9. The standard InChI is InChI=1S/C27H31N7O5/c1-18-6-7-20-13-24(18)39-21-5-3-4-19(12-21)16-38-23-8-10-33(26(36)9-11-34-17-28-30-31-34)14-22(23)29-25(35)15-32(2)27(20)37/h3-7,12-13,17,22-23H,8-11,14-16H2,1-2H3,(H,29,35)/t22-,23+/m1/s1. The fourth-order valence-electron chi connectivity index (χ4n) is 4.78. The second kappa shape index (κ2) is 11.6. The Hall–Kier alpha value is -4.32. The molecule has 3 heterocycles. The minimum absolute atomic E-state index is 0.0577. The molecule has 5 rings (SSSR count). The highest BCUT2D eigenvalue weighted by Gasteiger charge is 2.33. The van der Waals surface area contributed by atoms with Crippen molar-refractivity contribution in [3.8, 4) is 11.5 Å². The number of carbonyl (C=O) groups is 3. The first-order valence-electron chi connectivity index (χ1n) is 12.9. The molecule has 204 valence electrons. The summed E-state index contributed by atoms with van der Waals surface area (Å²) in [4.78, 5) is 42.2. The molecule has 0 unspecified atom stereocenters. The van der Waals surface area contributed by atoms with Gasteiger partial charge in [0.2, 0.25) is 11.8 Å². The van der Waals surface area contributed by atoms with Crippen molar-refractivity contribution < 1.29 is 23.9 Å². The Kier molecular flexibility index (Phi) is 7.82. The Morgan fingerprint density at radius 2 is 2.05 bits per heavy atom. The van der Waals surface area contributed by atoms with Gasteiger partial charge in [0.15, 0.2) is 0 Å². The average molecular weight is 534 g/mol. The number of piperidine rings is 1. The lowest BCUT2D eigenvalue weighted by atomic mass is 10.0. The van der Waals surface area contributed by atoms with E-state index in [1.54, 1.807) is 24.1 Å². The van der Waals surface area contributed by atoms with Crippen molar-refractivity contribution in [2.24, 2.45) is 0 Å². The number of benzene rings is 2. The van der Waals surface area contributed by atoms with Gasteiger partial charge < -0.3 is 24.6 Å². The normalized spacial score (nSPS) is 20.2. The van der Waals surface area contributed by atoms with Crippen molar-refractivity contribution in [1.29, 1.82) is 0 Å². The third kappa shape index (κ3) is 6.40. The summed E-state index contributed by atoms with van der Waals surface area (Å²) in [5.74, 6) is 0.521. The molecule has 4 bridgehead atoms. The molecule has 1 saturated heterocycles. The van der Waals surface area contributed by atoms with Gasteiger partial charge in [0, 0.05) is 32.1 Å². The number of nitrogens with one attached hydrogen (secondary N) is 1. The fourth-order valence-corrected chi connectivity index (χ4v) is 4.78. The number of hydrogen-bond donors (Lipinski definition) is 1. The van der Waals surface area contributed by atoms with Crippen molar-refractivity contribution in [3.05, 3.63) is 65.5 Å². The van der Waals surface area contributed by atoms with E-state index in [0.29, 0.717) is 49.7 Å². The number of ether oxygens (including phenoxy) is 2. The van der Waals surface area contributed by atoms with Crippen LogP contribution in [0.15, 0.2) is 48.8 Å². The Morgan fingerprint density at radius 3 is 2.87 bits per heavy atom. The number of likely N-dealkylation sites (N-methyl/N-ethyl adjacent to an activating group) is 1. The maximum atomic E-state index is 13.1. The highest BCUT2D eigenvalue weighted by Crippen LogP contribution is 2.28. The van der Waals surface area contributed by atoms with Crippen molar-refractivity contribution >= 4 is 17.7 Å². The Bertz CT molecular complexity index is 1350. The zero-order valence-corrected chi connectivity index (χ0v) is 21.9. The molecule has 1 fully saturated rings. The number of amides is 3. The average Bonchev–Trinajstić information content (AvgIpc) is 3.45. The van der Waals surface area contributed by atoms with Crippen LogP contribution < -0.4 is 10.1 Å². The first-order valence-corrected chi connectivity index (χ1v) is 12.9. The van der Waals surface area contributed by atoms with E-state index in [1.165, 1.54) is 15.9 Å². The van der Waals surface area contributed by atoms with Crippen LogP contribution in [-0.2, 0) is 27.5 Å². The molecular formula is C27H31N7O5. The van der Waals surface area contributed by atoms with Gasteiger partial charge in [0.1, 0.15) is 17.8 Å². The van der Waals surface area contributed by atoms with Crippen LogP contribution in [-0.4, -0.2) is 86.6 Å². The molecule has 2 atom stereocenters. The Morgan fingerprint density at radius 1 is 1.18 bits per heavy atom. The highest BCUT2D eigenvalue weighted by molar-refractivity contribution is 5.96. The third-order valence-electron chi connectivity index (χ3n) is 6.95. The van der Waals surface area contributed by atoms with Gasteiger partial charge in [-0.1, -0.05) is 18.2 Å². The van der Waals surface area contributed by atoms with Crippen LogP contribution in [0.2, 0.25) is 0 Å². The number of fused-ring (bicyclic) bond motifs is 5. The van der Waals surface area contributed by atoms with E-state index < -0.39 is 6.04 Å². The molecular weight excluding hydrogens is 502 g/mol. The molecule has 39 heavy (non-hydrogen) atoms. The SMILES string of the molecule is Cc1ccc2cc1Oc1cccc(c1)CO[C@H]1CCN(C(=O)CCn3cnnn3)C[C@H]1NC(=O)CN(C)C2=O. The molecule has 0 aliphatic carbocycles. The van der Waals surface area contributed by atoms with Crippen LogP contribution in [0.4, 0.5) is 0 Å². The van der Waals surface area contributed by atoms with Crippen LogP contribution in [0.25, 0.3) is 0 Å². The summed E-state index contributed by atoms with van der Waals surface area (Å²) >= 11 is 0. The number of aromatic nitrogens is 4. The van der Waals surface area contributed by atoms with Crippen LogP contribution in [0.5, 0.6) is 11.5 Å². The van der Waals surface area contributed by atoms with E-state index in [2.05, 4.69) is 20.8 Å². The molecule has 3 aromatic rings. The lowest BCUT2D eigenvalue weighted by Gasteiger charge is -2.39. The van der Waals surface area contributed by atoms with Gasteiger partial charge in [-0.05, 0) is 59.2 Å². The van der Waals surface area contributed by atoms with Gasteiger partial charge in [0.05, 0.1) is 31.8 Å². The summed E-state index contributed by atoms with van der Waals surface area (Å²) in [6.45, 7) is 3.26. The van der Waals surface area contributed by atoms with Gasteiger partial charge in [-0.25, -0.2) is 4.68 Å². The second-order valence-electron chi connectivity index (χ2n) is 9.87. The highest BCUT2D eigenvalue weighted by atomic mass is 16.5. The van der Waals surface area contributed by atoms with Gasteiger partial charge in [-0.3, -0.25) is 14.4 Å². The first kappa shape index (κ1) is 26.3. The van der Waals surface area contributed by atoms with E-state index in [0.717, 1.165) is 11.1 Å². The number of aryl methyl sites for hydroxylation is 2. The van der Waals surface area contributed by atoms with E-state index in [9.17, 15) is 14.4 Å². The van der Waals surface area contributed by atoms with Crippen molar-refractivity contribution in [2.45, 2.75) is 45.1 Å². The summed E-state index contributed by atoms with van der Waals surface area (Å²) < 4.78 is 13.9.